The van der Waals surface area contributed by atoms with E-state index < -0.39 is 0 Å². The Balaban J connectivity index is 0.000000810. The van der Waals surface area contributed by atoms with E-state index in [0.29, 0.717) is 6.54 Å². The molecule has 49 valence electrons. The Morgan fingerprint density at radius 3 is 2.60 bits per heavy atom. The van der Waals surface area contributed by atoms with Crippen LogP contribution >= 0.6 is 0 Å². The SMILES string of the molecule is NCc1[c]cc(F)cc1.[LiH]. The molecule has 0 saturated heterocycles. The molecule has 0 saturated carbocycles. The third kappa shape index (κ3) is 2.53. The molecule has 0 aliphatic rings. The molecule has 10 heavy (non-hydrogen) atoms. The minimum absolute atomic E-state index is 0. The van der Waals surface area contributed by atoms with Gasteiger partial charge in [-0.15, -0.1) is 0 Å². The fourth-order valence-corrected chi connectivity index (χ4v) is 0.565. The zero-order valence-electron chi connectivity index (χ0n) is 4.89. The average Bonchev–Trinajstić information content (AvgIpc) is 1.90. The summed E-state index contributed by atoms with van der Waals surface area (Å²) in [6, 6.07) is 6.96. The Labute approximate surface area is 71.6 Å². The fraction of sp³-hybridized carbons (Fsp3) is 0.143. The van der Waals surface area contributed by atoms with Crippen LogP contribution in [0.15, 0.2) is 18.2 Å². The van der Waals surface area contributed by atoms with Crippen molar-refractivity contribution in [2.45, 2.75) is 6.54 Å². The van der Waals surface area contributed by atoms with E-state index in [1.807, 2.05) is 0 Å². The van der Waals surface area contributed by atoms with E-state index in [1.165, 1.54) is 12.1 Å². The zero-order valence-corrected chi connectivity index (χ0v) is 4.89. The van der Waals surface area contributed by atoms with E-state index in [-0.39, 0.29) is 24.7 Å². The molecule has 0 amide bonds. The van der Waals surface area contributed by atoms with Crippen LogP contribution in [-0.2, 0) is 6.54 Å². The van der Waals surface area contributed by atoms with Crippen molar-refractivity contribution in [2.75, 3.05) is 0 Å². The third-order valence-corrected chi connectivity index (χ3v) is 1.06. The van der Waals surface area contributed by atoms with Gasteiger partial charge in [-0.2, -0.15) is 0 Å². The first-order valence-electron chi connectivity index (χ1n) is 2.69. The van der Waals surface area contributed by atoms with Gasteiger partial charge in [0.05, 0.1) is 0 Å². The molecule has 0 bridgehead atoms. The van der Waals surface area contributed by atoms with Gasteiger partial charge in [0, 0.05) is 6.54 Å². The number of benzene rings is 1. The van der Waals surface area contributed by atoms with Crippen molar-refractivity contribution in [3.8, 4) is 0 Å². The van der Waals surface area contributed by atoms with Gasteiger partial charge in [-0.05, 0) is 23.8 Å². The zero-order chi connectivity index (χ0) is 6.69. The van der Waals surface area contributed by atoms with E-state index >= 15 is 0 Å². The number of hydrogen-bond acceptors (Lipinski definition) is 1. The Morgan fingerprint density at radius 2 is 2.20 bits per heavy atom. The molecule has 1 radical (unpaired) electrons. The molecule has 0 aliphatic heterocycles. The number of halogens is 1. The van der Waals surface area contributed by atoms with E-state index in [0.717, 1.165) is 5.56 Å². The molecular formula is C7H8FLiN. The summed E-state index contributed by atoms with van der Waals surface area (Å²) in [5, 5.41) is 0. The second-order valence-corrected chi connectivity index (χ2v) is 1.74. The molecule has 1 rings (SSSR count). The summed E-state index contributed by atoms with van der Waals surface area (Å²) >= 11 is 0. The van der Waals surface area contributed by atoms with Crippen molar-refractivity contribution in [2.24, 2.45) is 5.73 Å². The molecule has 0 fully saturated rings. The standard InChI is InChI=1S/C7H7FN.Li.H/c8-7-3-1-6(5-9)2-4-7;;/h1,3-4H,5,9H2;;. The Morgan fingerprint density at radius 1 is 1.50 bits per heavy atom. The number of rotatable bonds is 1. The van der Waals surface area contributed by atoms with Gasteiger partial charge in [0.25, 0.3) is 0 Å². The molecule has 1 aromatic carbocycles. The van der Waals surface area contributed by atoms with Crippen LogP contribution in [0.25, 0.3) is 0 Å². The van der Waals surface area contributed by atoms with Gasteiger partial charge in [-0.25, -0.2) is 4.39 Å². The average molecular weight is 132 g/mol. The van der Waals surface area contributed by atoms with Crippen LogP contribution in [0.1, 0.15) is 5.56 Å². The van der Waals surface area contributed by atoms with Crippen molar-refractivity contribution in [1.82, 2.24) is 0 Å². The predicted molar refractivity (Wildman–Crippen MR) is 40.3 cm³/mol. The Hall–Kier alpha value is -0.293. The van der Waals surface area contributed by atoms with E-state index in [1.54, 1.807) is 6.07 Å². The Kier molecular flexibility index (Phi) is 4.38. The molecule has 0 aliphatic carbocycles. The molecule has 3 heteroatoms. The van der Waals surface area contributed by atoms with Crippen molar-refractivity contribution in [1.29, 1.82) is 0 Å². The number of hydrogen-bond donors (Lipinski definition) is 1. The van der Waals surface area contributed by atoms with Crippen molar-refractivity contribution in [3.05, 3.63) is 35.6 Å². The summed E-state index contributed by atoms with van der Waals surface area (Å²) in [6.07, 6.45) is 0. The van der Waals surface area contributed by atoms with Crippen LogP contribution in [0.3, 0.4) is 0 Å². The van der Waals surface area contributed by atoms with E-state index in [4.69, 9.17) is 5.73 Å². The quantitative estimate of drug-likeness (QED) is 0.551. The maximum absolute atomic E-state index is 12.2. The summed E-state index contributed by atoms with van der Waals surface area (Å²) in [6.45, 7) is 0.417. The molecule has 0 atom stereocenters. The third-order valence-electron chi connectivity index (χ3n) is 1.06. The molecule has 0 heterocycles. The normalized spacial score (nSPS) is 8.60. The second-order valence-electron chi connectivity index (χ2n) is 1.74. The van der Waals surface area contributed by atoms with Crippen LogP contribution in [0.2, 0.25) is 0 Å². The van der Waals surface area contributed by atoms with Crippen molar-refractivity contribution in [3.63, 3.8) is 0 Å². The van der Waals surface area contributed by atoms with Crippen LogP contribution in [0.4, 0.5) is 4.39 Å². The van der Waals surface area contributed by atoms with Crippen LogP contribution < -0.4 is 5.73 Å². The van der Waals surface area contributed by atoms with E-state index in [2.05, 4.69) is 6.07 Å². The first kappa shape index (κ1) is 9.71. The Bertz CT molecular complexity index is 185. The van der Waals surface area contributed by atoms with Gasteiger partial charge in [0.15, 0.2) is 0 Å². The van der Waals surface area contributed by atoms with E-state index in [9.17, 15) is 4.39 Å². The minimum atomic E-state index is -0.271. The maximum atomic E-state index is 12.2. The van der Waals surface area contributed by atoms with Crippen LogP contribution in [0, 0.1) is 11.9 Å². The fourth-order valence-electron chi connectivity index (χ4n) is 0.565. The summed E-state index contributed by atoms with van der Waals surface area (Å²) in [7, 11) is 0. The molecular weight excluding hydrogens is 124 g/mol. The molecule has 2 N–H and O–H groups in total. The molecule has 1 nitrogen and oxygen atoms in total. The van der Waals surface area contributed by atoms with Crippen molar-refractivity contribution < 1.29 is 4.39 Å². The van der Waals surface area contributed by atoms with Gasteiger partial charge < -0.3 is 5.73 Å². The van der Waals surface area contributed by atoms with Gasteiger partial charge in [0.1, 0.15) is 5.82 Å². The summed E-state index contributed by atoms with van der Waals surface area (Å²) in [5.74, 6) is -0.271. The topological polar surface area (TPSA) is 26.0 Å². The molecule has 1 aromatic rings. The number of nitrogens with two attached hydrogens (primary N) is 1. The summed E-state index contributed by atoms with van der Waals surface area (Å²) in [5.41, 5.74) is 6.08. The van der Waals surface area contributed by atoms with Crippen LogP contribution in [0.5, 0.6) is 0 Å². The molecule has 0 unspecified atom stereocenters. The van der Waals surface area contributed by atoms with Gasteiger partial charge in [-0.1, -0.05) is 6.07 Å². The first-order valence-corrected chi connectivity index (χ1v) is 2.69. The monoisotopic (exact) mass is 132 g/mol. The molecule has 0 aromatic heterocycles. The summed E-state index contributed by atoms with van der Waals surface area (Å²) < 4.78 is 12.2. The predicted octanol–water partition coefficient (Wildman–Crippen LogP) is 0.436. The summed E-state index contributed by atoms with van der Waals surface area (Å²) in [4.78, 5) is 0. The van der Waals surface area contributed by atoms with Gasteiger partial charge >= 0.3 is 18.9 Å². The second kappa shape index (κ2) is 4.51. The van der Waals surface area contributed by atoms with Crippen molar-refractivity contribution >= 4 is 18.9 Å². The van der Waals surface area contributed by atoms with Gasteiger partial charge in [0.2, 0.25) is 0 Å². The molecule has 0 spiro atoms. The van der Waals surface area contributed by atoms with Gasteiger partial charge in [-0.3, -0.25) is 0 Å². The first-order chi connectivity index (χ1) is 4.33. The van der Waals surface area contributed by atoms with Crippen LogP contribution in [-0.4, -0.2) is 18.9 Å².